The molecule has 49 heavy (non-hydrogen) atoms. The number of nitrogens with zero attached hydrogens (tertiary/aromatic N) is 4. The maximum Gasteiger partial charge on any atom is 0.323 e. The lowest BCUT2D eigenvalue weighted by molar-refractivity contribution is -0.162. The summed E-state index contributed by atoms with van der Waals surface area (Å²) >= 11 is 7.19. The van der Waals surface area contributed by atoms with Crippen molar-refractivity contribution in [3.63, 3.8) is 0 Å². The van der Waals surface area contributed by atoms with E-state index in [-0.39, 0.29) is 55.0 Å². The van der Waals surface area contributed by atoms with Gasteiger partial charge in [-0.05, 0) is 55.8 Å². The Labute approximate surface area is 303 Å². The summed E-state index contributed by atoms with van der Waals surface area (Å²) in [4.78, 5) is 32.7. The zero-order chi connectivity index (χ0) is 34.1. The van der Waals surface area contributed by atoms with Gasteiger partial charge in [0.15, 0.2) is 6.10 Å². The summed E-state index contributed by atoms with van der Waals surface area (Å²) in [6.07, 6.45) is 0.554. The van der Waals surface area contributed by atoms with Gasteiger partial charge >= 0.3 is 11.9 Å². The molecule has 0 fully saturated rings. The molecule has 0 aliphatic carbocycles. The molecule has 2 heterocycles. The van der Waals surface area contributed by atoms with E-state index in [1.807, 2.05) is 0 Å². The van der Waals surface area contributed by atoms with Crippen molar-refractivity contribution in [3.05, 3.63) is 76.6 Å². The fraction of sp³-hybridized carbons (Fsp3) is 0.250. The second kappa shape index (κ2) is 18.9. The Balaban J connectivity index is 0.00000417. The van der Waals surface area contributed by atoms with Crippen LogP contribution in [0.25, 0.3) is 22.6 Å². The molecule has 3 atom stereocenters. The predicted molar refractivity (Wildman–Crippen MR) is 188 cm³/mol. The molecule has 0 aliphatic rings. The molecule has 0 radical (unpaired) electrons. The number of carbonyl (C=O) groups is 2. The summed E-state index contributed by atoms with van der Waals surface area (Å²) in [5.41, 5.74) is 19.7. The van der Waals surface area contributed by atoms with Gasteiger partial charge in [-0.15, -0.1) is 24.8 Å². The van der Waals surface area contributed by atoms with Crippen molar-refractivity contribution in [2.24, 2.45) is 11.5 Å². The first-order chi connectivity index (χ1) is 22.5. The predicted octanol–water partition coefficient (Wildman–Crippen LogP) is 5.05. The molecular formula is C32H32Cl3N7O6S. The SMILES string of the molecule is CC(N)C(=O)O[C@@H](COC(=O)[C@@H](C)N)COc1ccc(-c2c(C#N)c(N)nc(SCc3coc(-c4ccc(Cl)cc4)n3)c2C#N)cc1.Cl.Cl. The number of carbonyl (C=O) groups excluding carboxylic acids is 2. The van der Waals surface area contributed by atoms with E-state index in [1.165, 1.54) is 31.9 Å². The van der Waals surface area contributed by atoms with E-state index in [4.69, 9.17) is 47.4 Å². The van der Waals surface area contributed by atoms with Crippen LogP contribution in [0.2, 0.25) is 5.02 Å². The van der Waals surface area contributed by atoms with Crippen LogP contribution in [0.4, 0.5) is 5.82 Å². The number of thioether (sulfide) groups is 1. The van der Waals surface area contributed by atoms with Crippen molar-refractivity contribution in [2.45, 2.75) is 42.8 Å². The Morgan fingerprint density at radius 1 is 0.918 bits per heavy atom. The van der Waals surface area contributed by atoms with Gasteiger partial charge in [-0.1, -0.05) is 35.5 Å². The normalized spacial score (nSPS) is 12.1. The summed E-state index contributed by atoms with van der Waals surface area (Å²) in [5, 5.41) is 21.0. The fourth-order valence-corrected chi connectivity index (χ4v) is 5.03. The Hall–Kier alpha value is -4.54. The number of nitriles is 2. The van der Waals surface area contributed by atoms with Crippen LogP contribution in [-0.2, 0) is 24.8 Å². The van der Waals surface area contributed by atoms with Gasteiger partial charge in [0.1, 0.15) is 65.9 Å². The van der Waals surface area contributed by atoms with Crippen LogP contribution in [0.5, 0.6) is 5.75 Å². The van der Waals surface area contributed by atoms with Gasteiger partial charge < -0.3 is 35.8 Å². The van der Waals surface area contributed by atoms with Crippen molar-refractivity contribution in [2.75, 3.05) is 18.9 Å². The first-order valence-corrected chi connectivity index (χ1v) is 15.4. The molecule has 2 aromatic carbocycles. The summed E-state index contributed by atoms with van der Waals surface area (Å²) in [7, 11) is 0. The average Bonchev–Trinajstić information content (AvgIpc) is 3.54. The second-order valence-corrected chi connectivity index (χ2v) is 11.6. The Morgan fingerprint density at radius 2 is 1.53 bits per heavy atom. The number of nitrogens with two attached hydrogens (primary N) is 3. The molecule has 4 aromatic rings. The van der Waals surface area contributed by atoms with Gasteiger partial charge in [0.2, 0.25) is 5.89 Å². The minimum absolute atomic E-state index is 0. The topological polar surface area (TPSA) is 226 Å². The number of nitrogen functional groups attached to an aromatic ring is 1. The number of benzene rings is 2. The first-order valence-electron chi connectivity index (χ1n) is 14.1. The highest BCUT2D eigenvalue weighted by molar-refractivity contribution is 7.98. The number of hydrogen-bond donors (Lipinski definition) is 3. The lowest BCUT2D eigenvalue weighted by Crippen LogP contribution is -2.38. The van der Waals surface area contributed by atoms with Gasteiger partial charge in [0, 0.05) is 21.9 Å². The number of anilines is 1. The van der Waals surface area contributed by atoms with E-state index < -0.39 is 30.1 Å². The summed E-state index contributed by atoms with van der Waals surface area (Å²) in [5.74, 6) is -0.316. The molecule has 0 bridgehead atoms. The molecule has 0 amide bonds. The minimum Gasteiger partial charge on any atom is -0.490 e. The molecule has 0 saturated carbocycles. The van der Waals surface area contributed by atoms with Gasteiger partial charge in [0.25, 0.3) is 0 Å². The third kappa shape index (κ3) is 10.7. The van der Waals surface area contributed by atoms with E-state index in [0.29, 0.717) is 44.3 Å². The Morgan fingerprint density at radius 3 is 2.12 bits per heavy atom. The fourth-order valence-electron chi connectivity index (χ4n) is 4.03. The summed E-state index contributed by atoms with van der Waals surface area (Å²) in [6.45, 7) is 2.47. The summed E-state index contributed by atoms with van der Waals surface area (Å²) in [6, 6.07) is 16.0. The van der Waals surface area contributed by atoms with Crippen LogP contribution < -0.4 is 21.9 Å². The number of rotatable bonds is 13. The highest BCUT2D eigenvalue weighted by atomic mass is 35.5. The molecule has 13 nitrogen and oxygen atoms in total. The van der Waals surface area contributed by atoms with Gasteiger partial charge in [-0.25, -0.2) is 9.97 Å². The number of esters is 2. The molecule has 0 aliphatic heterocycles. The van der Waals surface area contributed by atoms with Crippen LogP contribution >= 0.6 is 48.2 Å². The molecule has 0 spiro atoms. The van der Waals surface area contributed by atoms with Gasteiger partial charge in [-0.2, -0.15) is 10.5 Å². The van der Waals surface area contributed by atoms with Crippen molar-refractivity contribution in [3.8, 4) is 40.5 Å². The minimum atomic E-state index is -0.960. The maximum absolute atomic E-state index is 12.1. The smallest absolute Gasteiger partial charge is 0.323 e. The molecule has 0 saturated heterocycles. The molecule has 2 aromatic heterocycles. The van der Waals surface area contributed by atoms with Gasteiger partial charge in [-0.3, -0.25) is 9.59 Å². The van der Waals surface area contributed by atoms with Crippen LogP contribution in [0, 0.1) is 22.7 Å². The van der Waals surface area contributed by atoms with E-state index in [9.17, 15) is 20.1 Å². The van der Waals surface area contributed by atoms with Crippen molar-refractivity contribution >= 4 is 65.9 Å². The second-order valence-electron chi connectivity index (χ2n) is 10.2. The average molecular weight is 749 g/mol. The van der Waals surface area contributed by atoms with E-state index in [2.05, 4.69) is 22.1 Å². The van der Waals surface area contributed by atoms with Crippen molar-refractivity contribution in [1.29, 1.82) is 10.5 Å². The zero-order valence-corrected chi connectivity index (χ0v) is 29.3. The Kier molecular flexibility index (Phi) is 15.6. The van der Waals surface area contributed by atoms with Crippen LogP contribution in [0.1, 0.15) is 30.7 Å². The lowest BCUT2D eigenvalue weighted by Gasteiger charge is -2.20. The number of ether oxygens (including phenoxy) is 3. The third-order valence-corrected chi connectivity index (χ3v) is 7.69. The van der Waals surface area contributed by atoms with E-state index >= 15 is 0 Å². The molecular weight excluding hydrogens is 717 g/mol. The molecule has 4 rings (SSSR count). The lowest BCUT2D eigenvalue weighted by atomic mass is 9.97. The number of hydrogen-bond acceptors (Lipinski definition) is 14. The highest BCUT2D eigenvalue weighted by Gasteiger charge is 2.23. The third-order valence-electron chi connectivity index (χ3n) is 6.43. The van der Waals surface area contributed by atoms with Gasteiger partial charge in [0.05, 0.1) is 11.3 Å². The molecule has 1 unspecified atom stereocenters. The van der Waals surface area contributed by atoms with Crippen LogP contribution in [0.3, 0.4) is 0 Å². The summed E-state index contributed by atoms with van der Waals surface area (Å²) < 4.78 is 21.8. The van der Waals surface area contributed by atoms with Crippen molar-refractivity contribution < 1.29 is 28.2 Å². The molecule has 258 valence electrons. The largest absolute Gasteiger partial charge is 0.490 e. The van der Waals surface area contributed by atoms with Crippen LogP contribution in [-0.4, -0.2) is 53.3 Å². The highest BCUT2D eigenvalue weighted by Crippen LogP contribution is 2.37. The first kappa shape index (κ1) is 40.6. The monoisotopic (exact) mass is 747 g/mol. The maximum atomic E-state index is 12.1. The Bertz CT molecular complexity index is 1830. The zero-order valence-electron chi connectivity index (χ0n) is 26.1. The van der Waals surface area contributed by atoms with Crippen LogP contribution in [0.15, 0.2) is 64.2 Å². The number of aromatic nitrogens is 2. The quantitative estimate of drug-likeness (QED) is 0.120. The van der Waals surface area contributed by atoms with E-state index in [0.717, 1.165) is 5.56 Å². The van der Waals surface area contributed by atoms with Crippen molar-refractivity contribution in [1.82, 2.24) is 9.97 Å². The standard InChI is InChI=1S/C32H30ClN7O6S.2ClH/c1-17(36)31(41)45-15-24(46-32(42)18(2)37)14-43-23-9-5-19(6-10-23)27-25(11-34)28(38)40-30(26(27)12-35)47-16-22-13-44-29(39-22)20-3-7-21(33)8-4-20;;/h3-10,13,17-18,24H,14-16,36-37H2,1-2H3,(H2,38,40);2*1H/t17-,18?,24-;;/m1../s1. The van der Waals surface area contributed by atoms with E-state index in [1.54, 1.807) is 48.5 Å². The molecule has 6 N–H and O–H groups in total. The number of oxazole rings is 1. The number of halogens is 3. The molecule has 17 heteroatoms. The number of pyridine rings is 1.